The van der Waals surface area contributed by atoms with E-state index in [2.05, 4.69) is 30.2 Å². The number of rotatable bonds is 0. The lowest BCUT2D eigenvalue weighted by Crippen LogP contribution is -2.21. The van der Waals surface area contributed by atoms with Crippen molar-refractivity contribution in [3.8, 4) is 0 Å². The summed E-state index contributed by atoms with van der Waals surface area (Å²) in [5, 5.41) is 2.78. The summed E-state index contributed by atoms with van der Waals surface area (Å²) in [6, 6.07) is 7.29. The molecule has 3 N–H and O–H groups in total. The number of aromatic nitrogens is 6. The van der Waals surface area contributed by atoms with E-state index in [1.165, 1.54) is 6.07 Å². The second kappa shape index (κ2) is 17.2. The molecule has 0 radical (unpaired) electrons. The van der Waals surface area contributed by atoms with Gasteiger partial charge in [0.05, 0.1) is 23.4 Å². The van der Waals surface area contributed by atoms with Gasteiger partial charge >= 0.3 is 0 Å². The number of carbonyl (C=O) groups is 1. The topological polar surface area (TPSA) is 138 Å². The van der Waals surface area contributed by atoms with Crippen LogP contribution in [0.4, 0.5) is 0 Å². The molecule has 0 aromatic carbocycles. The molecule has 1 unspecified atom stereocenters. The van der Waals surface area contributed by atoms with Gasteiger partial charge in [-0.1, -0.05) is 12.1 Å². The Kier molecular flexibility index (Phi) is 14.3. The Labute approximate surface area is 223 Å². The van der Waals surface area contributed by atoms with Crippen molar-refractivity contribution in [2.24, 2.45) is 7.05 Å². The molecule has 4 aromatic rings. The molecule has 0 bridgehead atoms. The molecule has 0 aliphatic carbocycles. The Morgan fingerprint density at radius 2 is 1.53 bits per heavy atom. The van der Waals surface area contributed by atoms with Crippen LogP contribution in [0.15, 0.2) is 71.2 Å². The number of aromatic amines is 2. The van der Waals surface area contributed by atoms with E-state index in [0.29, 0.717) is 6.04 Å². The number of carbonyl (C=O) groups excluding carboxylic acids is 1. The van der Waals surface area contributed by atoms with E-state index >= 15 is 0 Å². The Balaban J connectivity index is 0.000000238. The van der Waals surface area contributed by atoms with Crippen LogP contribution in [-0.2, 0) is 11.8 Å². The molecule has 10 heteroatoms. The standard InChI is InChI=1S/C6H8N2.2C6H7NO.C5H8N2.C5H9NO/c1-5-3-8-6(2)4-7-5;1-5-2-3-6(8)7-4-5;1-5-3-2-4-7-6(5)8;1-5-3-7(2)4-6-5;1-4-2-3-5(7)6-4/h3-4H,1-2H3;2*2-4H,1H3,(H,7,8);3-4H,1-2H3;4H,2-3H2,1H3,(H,6,7). The fourth-order valence-electron chi connectivity index (χ4n) is 2.76. The first kappa shape index (κ1) is 31.7. The third-order valence-electron chi connectivity index (χ3n) is 4.91. The maximum atomic E-state index is 10.6. The molecule has 5 rings (SSSR count). The van der Waals surface area contributed by atoms with Gasteiger partial charge in [-0.3, -0.25) is 24.4 Å². The van der Waals surface area contributed by atoms with Crippen molar-refractivity contribution in [3.63, 3.8) is 0 Å². The van der Waals surface area contributed by atoms with Crippen LogP contribution in [-0.4, -0.2) is 41.4 Å². The average molecular weight is 522 g/mol. The predicted octanol–water partition coefficient (Wildman–Crippen LogP) is 3.47. The minimum Gasteiger partial charge on any atom is -0.354 e. The fourth-order valence-corrected chi connectivity index (χ4v) is 2.76. The van der Waals surface area contributed by atoms with Crippen molar-refractivity contribution in [2.75, 3.05) is 0 Å². The second-order valence-corrected chi connectivity index (χ2v) is 8.90. The summed E-state index contributed by atoms with van der Waals surface area (Å²) >= 11 is 0. The van der Waals surface area contributed by atoms with Gasteiger partial charge in [-0.15, -0.1) is 0 Å². The SMILES string of the molecule is CC1CCC(=O)N1.Cc1ccc(=O)[nH]c1.Cc1ccc[nH]c1=O.Cc1cn(C)cn1.Cc1cnc(C)cn1. The molecule has 204 valence electrons. The molecule has 0 saturated carbocycles. The van der Waals surface area contributed by atoms with E-state index < -0.39 is 0 Å². The maximum Gasteiger partial charge on any atom is 0.250 e. The first-order valence-electron chi connectivity index (χ1n) is 12.2. The molecule has 1 aliphatic heterocycles. The monoisotopic (exact) mass is 521 g/mol. The highest BCUT2D eigenvalue weighted by atomic mass is 16.2. The van der Waals surface area contributed by atoms with E-state index in [0.717, 1.165) is 41.1 Å². The molecule has 5 heterocycles. The van der Waals surface area contributed by atoms with Crippen molar-refractivity contribution in [1.82, 2.24) is 34.8 Å². The lowest BCUT2D eigenvalue weighted by molar-refractivity contribution is -0.119. The van der Waals surface area contributed by atoms with E-state index in [9.17, 15) is 14.4 Å². The molecule has 0 spiro atoms. The molecule has 1 atom stereocenters. The molecule has 1 saturated heterocycles. The summed E-state index contributed by atoms with van der Waals surface area (Å²) in [6.45, 7) is 11.5. The van der Waals surface area contributed by atoms with Crippen molar-refractivity contribution in [1.29, 1.82) is 0 Å². The third-order valence-corrected chi connectivity index (χ3v) is 4.91. The number of nitrogens with one attached hydrogen (secondary N) is 3. The molecule has 10 nitrogen and oxygen atoms in total. The van der Waals surface area contributed by atoms with Gasteiger partial charge in [0.25, 0.3) is 5.56 Å². The summed E-state index contributed by atoms with van der Waals surface area (Å²) in [4.78, 5) is 48.4. The number of hydrogen-bond donors (Lipinski definition) is 3. The molecule has 1 amide bonds. The van der Waals surface area contributed by atoms with Crippen LogP contribution in [0.2, 0.25) is 0 Å². The minimum absolute atomic E-state index is 0.00694. The highest BCUT2D eigenvalue weighted by molar-refractivity contribution is 5.78. The van der Waals surface area contributed by atoms with Crippen LogP contribution >= 0.6 is 0 Å². The lowest BCUT2D eigenvalue weighted by atomic mass is 10.3. The van der Waals surface area contributed by atoms with Crippen molar-refractivity contribution in [2.45, 2.75) is 60.4 Å². The normalized spacial score (nSPS) is 13.1. The third kappa shape index (κ3) is 14.9. The first-order valence-corrected chi connectivity index (χ1v) is 12.2. The largest absolute Gasteiger partial charge is 0.354 e. The van der Waals surface area contributed by atoms with E-state index in [4.69, 9.17) is 0 Å². The zero-order chi connectivity index (χ0) is 28.5. The molecule has 4 aromatic heterocycles. The summed E-state index contributed by atoms with van der Waals surface area (Å²) in [5.74, 6) is 0.201. The van der Waals surface area contributed by atoms with Crippen LogP contribution < -0.4 is 16.4 Å². The van der Waals surface area contributed by atoms with Crippen molar-refractivity contribution < 1.29 is 4.79 Å². The van der Waals surface area contributed by atoms with E-state index in [-0.39, 0.29) is 17.0 Å². The predicted molar refractivity (Wildman–Crippen MR) is 150 cm³/mol. The number of hydrogen-bond acceptors (Lipinski definition) is 6. The van der Waals surface area contributed by atoms with E-state index in [1.807, 2.05) is 52.4 Å². The Bertz CT molecular complexity index is 1280. The Morgan fingerprint density at radius 3 is 1.79 bits per heavy atom. The van der Waals surface area contributed by atoms with Gasteiger partial charge in [0.15, 0.2) is 0 Å². The fraction of sp³-hybridized carbons (Fsp3) is 0.357. The molecular formula is C28H39N7O3. The number of nitrogens with zero attached hydrogens (tertiary/aromatic N) is 4. The van der Waals surface area contributed by atoms with Gasteiger partial charge in [0.1, 0.15) is 0 Å². The summed E-state index contributed by atoms with van der Waals surface area (Å²) in [5.41, 5.74) is 4.79. The van der Waals surface area contributed by atoms with Gasteiger partial charge in [-0.25, -0.2) is 4.98 Å². The number of H-pyrrole nitrogens is 2. The lowest BCUT2D eigenvalue weighted by Gasteiger charge is -1.95. The number of amides is 1. The highest BCUT2D eigenvalue weighted by Crippen LogP contribution is 2.03. The Morgan fingerprint density at radius 1 is 0.868 bits per heavy atom. The van der Waals surface area contributed by atoms with E-state index in [1.54, 1.807) is 56.2 Å². The average Bonchev–Trinajstić information content (AvgIpc) is 3.46. The van der Waals surface area contributed by atoms with Gasteiger partial charge in [-0.05, 0) is 59.6 Å². The quantitative estimate of drug-likeness (QED) is 0.324. The van der Waals surface area contributed by atoms with Crippen molar-refractivity contribution in [3.05, 3.63) is 110 Å². The minimum atomic E-state index is -0.0457. The number of pyridine rings is 2. The van der Waals surface area contributed by atoms with Crippen LogP contribution in [0.25, 0.3) is 0 Å². The molecule has 1 aliphatic rings. The van der Waals surface area contributed by atoms with Gasteiger partial charge in [0.2, 0.25) is 11.5 Å². The van der Waals surface area contributed by atoms with Crippen molar-refractivity contribution >= 4 is 5.91 Å². The maximum absolute atomic E-state index is 10.6. The number of aryl methyl sites for hydroxylation is 6. The van der Waals surface area contributed by atoms with Gasteiger partial charge < -0.3 is 19.9 Å². The van der Waals surface area contributed by atoms with Gasteiger partial charge in [-0.2, -0.15) is 0 Å². The zero-order valence-corrected chi connectivity index (χ0v) is 23.3. The summed E-state index contributed by atoms with van der Waals surface area (Å²) in [6.07, 6.45) is 12.3. The number of imidazole rings is 1. The smallest absolute Gasteiger partial charge is 0.250 e. The van der Waals surface area contributed by atoms with Crippen LogP contribution in [0.3, 0.4) is 0 Å². The van der Waals surface area contributed by atoms with Crippen LogP contribution in [0.1, 0.15) is 48.0 Å². The first-order chi connectivity index (χ1) is 18.0. The second-order valence-electron chi connectivity index (χ2n) is 8.90. The van der Waals surface area contributed by atoms with Gasteiger partial charge in [0, 0.05) is 62.1 Å². The Hall–Kier alpha value is -4.34. The summed E-state index contributed by atoms with van der Waals surface area (Å²) in [7, 11) is 1.96. The molecule has 1 fully saturated rings. The van der Waals surface area contributed by atoms with Crippen LogP contribution in [0, 0.1) is 34.6 Å². The molecule has 38 heavy (non-hydrogen) atoms. The molecular weight excluding hydrogens is 482 g/mol. The highest BCUT2D eigenvalue weighted by Gasteiger charge is 2.14. The van der Waals surface area contributed by atoms with Crippen LogP contribution in [0.5, 0.6) is 0 Å². The zero-order valence-electron chi connectivity index (χ0n) is 23.3. The summed E-state index contributed by atoms with van der Waals surface area (Å²) < 4.78 is 1.93.